The molecule has 0 bridgehead atoms. The second kappa shape index (κ2) is 13.5. The molecule has 0 atom stereocenters. The second-order valence-corrected chi connectivity index (χ2v) is 9.57. The fourth-order valence-corrected chi connectivity index (χ4v) is 4.65. The average molecular weight is 557 g/mol. The topological polar surface area (TPSA) is 70.1 Å². The number of hydrogen-bond acceptors (Lipinski definition) is 7. The van der Waals surface area contributed by atoms with E-state index in [-0.39, 0.29) is 5.76 Å². The van der Waals surface area contributed by atoms with Crippen molar-refractivity contribution in [1.29, 1.82) is 0 Å². The lowest BCUT2D eigenvalue weighted by molar-refractivity contribution is 0.0693. The second-order valence-electron chi connectivity index (χ2n) is 8.76. The first kappa shape index (κ1) is 27.8. The number of rotatable bonds is 10. The molecule has 0 N–H and O–H groups in total. The molecule has 1 aliphatic heterocycles. The zero-order valence-corrected chi connectivity index (χ0v) is 22.9. The third-order valence-corrected chi connectivity index (χ3v) is 6.85. The number of pyridine rings is 1. The first-order valence-electron chi connectivity index (χ1n) is 12.4. The number of ether oxygens (including phenoxy) is 4. The molecular weight excluding hydrogens is 527 g/mol. The van der Waals surface area contributed by atoms with Crippen molar-refractivity contribution in [2.24, 2.45) is 0 Å². The molecule has 1 aliphatic rings. The minimum absolute atomic E-state index is 0.229. The summed E-state index contributed by atoms with van der Waals surface area (Å²) in [4.78, 5) is 19.6. The smallest absolute Gasteiger partial charge is 0.343 e. The summed E-state index contributed by atoms with van der Waals surface area (Å²) in [7, 11) is 3.08. The van der Waals surface area contributed by atoms with Crippen LogP contribution in [0.5, 0.6) is 17.2 Å². The van der Waals surface area contributed by atoms with Gasteiger partial charge in [-0.2, -0.15) is 0 Å². The Bertz CT molecular complexity index is 1250. The van der Waals surface area contributed by atoms with Crippen molar-refractivity contribution in [3.63, 3.8) is 0 Å². The maximum absolute atomic E-state index is 13.2. The molecule has 0 aliphatic carbocycles. The predicted molar refractivity (Wildman–Crippen MR) is 149 cm³/mol. The molecule has 2 heterocycles. The number of likely N-dealkylation sites (tertiary alicyclic amines) is 1. The van der Waals surface area contributed by atoms with Crippen LogP contribution in [0.1, 0.15) is 40.7 Å². The number of aromatic nitrogens is 1. The highest BCUT2D eigenvalue weighted by atomic mass is 35.5. The molecule has 3 aromatic rings. The van der Waals surface area contributed by atoms with E-state index in [2.05, 4.69) is 9.88 Å². The summed E-state index contributed by atoms with van der Waals surface area (Å²) in [6.07, 6.45) is 8.34. The van der Waals surface area contributed by atoms with Crippen LogP contribution < -0.4 is 14.2 Å². The average Bonchev–Trinajstić information content (AvgIpc) is 2.95. The van der Waals surface area contributed by atoms with Gasteiger partial charge in [0, 0.05) is 30.1 Å². The number of nitrogens with zero attached hydrogens (tertiary/aromatic N) is 2. The summed E-state index contributed by atoms with van der Waals surface area (Å²) < 4.78 is 22.5. The molecule has 7 nitrogen and oxygen atoms in total. The predicted octanol–water partition coefficient (Wildman–Crippen LogP) is 6.63. The van der Waals surface area contributed by atoms with Crippen LogP contribution >= 0.6 is 23.2 Å². The Kier molecular flexibility index (Phi) is 9.87. The van der Waals surface area contributed by atoms with Gasteiger partial charge in [0.25, 0.3) is 0 Å². The third-order valence-electron chi connectivity index (χ3n) is 6.25. The summed E-state index contributed by atoms with van der Waals surface area (Å²) in [5.74, 6) is 1.40. The molecule has 0 spiro atoms. The van der Waals surface area contributed by atoms with Crippen molar-refractivity contribution >= 4 is 41.0 Å². The number of esters is 1. The molecule has 2 aromatic carbocycles. The van der Waals surface area contributed by atoms with Crippen molar-refractivity contribution in [2.45, 2.75) is 19.3 Å². The largest absolute Gasteiger partial charge is 0.493 e. The van der Waals surface area contributed by atoms with Crippen LogP contribution in [0.2, 0.25) is 10.0 Å². The van der Waals surface area contributed by atoms with E-state index in [1.165, 1.54) is 38.8 Å². The number of carbonyl (C=O) groups excluding carboxylic acids is 1. The fourth-order valence-electron chi connectivity index (χ4n) is 4.17. The van der Waals surface area contributed by atoms with Gasteiger partial charge >= 0.3 is 5.97 Å². The van der Waals surface area contributed by atoms with Crippen LogP contribution in [0.15, 0.2) is 54.9 Å². The summed E-state index contributed by atoms with van der Waals surface area (Å²) in [5, 5.41) is 0.634. The monoisotopic (exact) mass is 556 g/mol. The van der Waals surface area contributed by atoms with Gasteiger partial charge < -0.3 is 18.9 Å². The van der Waals surface area contributed by atoms with Crippen molar-refractivity contribution < 1.29 is 23.7 Å². The van der Waals surface area contributed by atoms with Crippen LogP contribution in [0.25, 0.3) is 11.8 Å². The summed E-state index contributed by atoms with van der Waals surface area (Å²) >= 11 is 12.7. The fraction of sp³-hybridized carbons (Fsp3) is 0.310. The van der Waals surface area contributed by atoms with E-state index >= 15 is 0 Å². The Labute approximate surface area is 232 Å². The molecule has 38 heavy (non-hydrogen) atoms. The maximum Gasteiger partial charge on any atom is 0.343 e. The number of halogens is 2. The van der Waals surface area contributed by atoms with Crippen molar-refractivity contribution in [2.75, 3.05) is 40.5 Å². The number of benzene rings is 2. The van der Waals surface area contributed by atoms with E-state index in [0.717, 1.165) is 19.6 Å². The highest BCUT2D eigenvalue weighted by Gasteiger charge is 2.17. The Hall–Kier alpha value is -3.26. The molecule has 0 radical (unpaired) electrons. The van der Waals surface area contributed by atoms with E-state index in [0.29, 0.717) is 50.6 Å². The highest BCUT2D eigenvalue weighted by molar-refractivity contribution is 6.37. The van der Waals surface area contributed by atoms with Gasteiger partial charge in [0.1, 0.15) is 18.1 Å². The van der Waals surface area contributed by atoms with Crippen LogP contribution in [-0.4, -0.2) is 56.3 Å². The molecular formula is C29H30Cl2N2O5. The maximum atomic E-state index is 13.2. The van der Waals surface area contributed by atoms with Gasteiger partial charge in [0.2, 0.25) is 0 Å². The SMILES string of the molecule is COc1ccc(/C(=C\c2c(Cl)cncc2Cl)OC(=O)c2ccc(OCCN3CCCCC3)cc2)cc1OC. The van der Waals surface area contributed by atoms with Gasteiger partial charge in [-0.1, -0.05) is 29.6 Å². The Morgan fingerprint density at radius 1 is 0.921 bits per heavy atom. The van der Waals surface area contributed by atoms with Gasteiger partial charge in [-0.15, -0.1) is 0 Å². The number of hydrogen-bond donors (Lipinski definition) is 0. The van der Waals surface area contributed by atoms with E-state index < -0.39 is 5.97 Å². The quantitative estimate of drug-likeness (QED) is 0.205. The molecule has 0 saturated carbocycles. The first-order valence-corrected chi connectivity index (χ1v) is 13.1. The molecule has 1 fully saturated rings. The molecule has 1 saturated heterocycles. The van der Waals surface area contributed by atoms with Crippen LogP contribution in [0.4, 0.5) is 0 Å². The van der Waals surface area contributed by atoms with Crippen LogP contribution in [-0.2, 0) is 4.74 Å². The zero-order valence-electron chi connectivity index (χ0n) is 21.4. The molecule has 0 amide bonds. The van der Waals surface area contributed by atoms with Gasteiger partial charge in [-0.3, -0.25) is 9.88 Å². The van der Waals surface area contributed by atoms with Gasteiger partial charge in [-0.25, -0.2) is 4.79 Å². The molecule has 0 unspecified atom stereocenters. The summed E-state index contributed by atoms with van der Waals surface area (Å²) in [6.45, 7) is 3.74. The van der Waals surface area contributed by atoms with Crippen molar-refractivity contribution in [1.82, 2.24) is 9.88 Å². The number of piperidine rings is 1. The van der Waals surface area contributed by atoms with Crippen molar-refractivity contribution in [3.05, 3.63) is 81.6 Å². The molecule has 1 aromatic heterocycles. The van der Waals surface area contributed by atoms with Gasteiger partial charge in [-0.05, 0) is 74.5 Å². The number of methoxy groups -OCH3 is 2. The standard InChI is InChI=1S/C29H30Cl2N2O5/c1-35-26-11-8-21(16-28(26)36-2)27(17-23-24(30)18-32-19-25(23)31)38-29(34)20-6-9-22(10-7-20)37-15-14-33-12-4-3-5-13-33/h6-11,16-19H,3-5,12-15H2,1-2H3/b27-17+. The third kappa shape index (κ3) is 7.19. The van der Waals surface area contributed by atoms with E-state index in [4.69, 9.17) is 42.1 Å². The lowest BCUT2D eigenvalue weighted by Gasteiger charge is -2.26. The summed E-state index contributed by atoms with van der Waals surface area (Å²) in [6, 6.07) is 12.1. The van der Waals surface area contributed by atoms with Crippen molar-refractivity contribution in [3.8, 4) is 17.2 Å². The molecule has 4 rings (SSSR count). The van der Waals surface area contributed by atoms with E-state index in [1.807, 2.05) is 0 Å². The minimum Gasteiger partial charge on any atom is -0.493 e. The highest BCUT2D eigenvalue weighted by Crippen LogP contribution is 2.34. The Morgan fingerprint density at radius 3 is 2.24 bits per heavy atom. The lowest BCUT2D eigenvalue weighted by Crippen LogP contribution is -2.33. The lowest BCUT2D eigenvalue weighted by atomic mass is 10.1. The van der Waals surface area contributed by atoms with Crippen LogP contribution in [0.3, 0.4) is 0 Å². The zero-order chi connectivity index (χ0) is 26.9. The number of carbonyl (C=O) groups is 1. The minimum atomic E-state index is -0.549. The van der Waals surface area contributed by atoms with E-state index in [1.54, 1.807) is 55.7 Å². The Morgan fingerprint density at radius 2 is 1.58 bits per heavy atom. The van der Waals surface area contributed by atoms with Gasteiger partial charge in [0.15, 0.2) is 11.5 Å². The van der Waals surface area contributed by atoms with Crippen LogP contribution in [0, 0.1) is 0 Å². The first-order chi connectivity index (χ1) is 18.5. The van der Waals surface area contributed by atoms with E-state index in [9.17, 15) is 4.79 Å². The molecule has 200 valence electrons. The summed E-state index contributed by atoms with van der Waals surface area (Å²) in [5.41, 5.74) is 1.41. The normalized spacial score (nSPS) is 14.2. The molecule has 9 heteroatoms. The van der Waals surface area contributed by atoms with Gasteiger partial charge in [0.05, 0.1) is 29.8 Å². The Balaban J connectivity index is 1.52.